The van der Waals surface area contributed by atoms with Gasteiger partial charge in [0.2, 0.25) is 0 Å². The van der Waals surface area contributed by atoms with Gasteiger partial charge < -0.3 is 19.5 Å². The summed E-state index contributed by atoms with van der Waals surface area (Å²) in [5.74, 6) is 0.747. The highest BCUT2D eigenvalue weighted by molar-refractivity contribution is 5.88. The third kappa shape index (κ3) is 7.71. The van der Waals surface area contributed by atoms with Crippen molar-refractivity contribution in [2.24, 2.45) is 0 Å². The normalized spacial score (nSPS) is 11.6. The molecular weight excluding hydrogens is 354 g/mol. The second-order valence-corrected chi connectivity index (χ2v) is 6.62. The molecule has 5 nitrogen and oxygen atoms in total. The number of esters is 1. The number of nitrogens with one attached hydrogen (secondary N) is 1. The highest BCUT2D eigenvalue weighted by Gasteiger charge is 2.04. The number of hydrogen-bond donors (Lipinski definition) is 1. The van der Waals surface area contributed by atoms with Gasteiger partial charge in [-0.15, -0.1) is 0 Å². The molecule has 2 rings (SSSR count). The van der Waals surface area contributed by atoms with E-state index < -0.39 is 0 Å². The highest BCUT2D eigenvalue weighted by Crippen LogP contribution is 2.25. The van der Waals surface area contributed by atoms with Gasteiger partial charge in [0, 0.05) is 32.0 Å². The van der Waals surface area contributed by atoms with E-state index in [0.29, 0.717) is 19.6 Å². The lowest BCUT2D eigenvalue weighted by atomic mass is 10.1. The van der Waals surface area contributed by atoms with Gasteiger partial charge in [0.15, 0.2) is 0 Å². The molecule has 152 valence electrons. The van der Waals surface area contributed by atoms with Crippen LogP contribution in [0.2, 0.25) is 0 Å². The van der Waals surface area contributed by atoms with E-state index in [0.717, 1.165) is 43.5 Å². The van der Waals surface area contributed by atoms with Crippen LogP contribution in [0.4, 0.5) is 0 Å². The van der Waals surface area contributed by atoms with Crippen molar-refractivity contribution in [3.63, 3.8) is 0 Å². The zero-order valence-corrected chi connectivity index (χ0v) is 16.9. The van der Waals surface area contributed by atoms with Gasteiger partial charge in [-0.2, -0.15) is 0 Å². The number of hydrogen-bond acceptors (Lipinski definition) is 5. The van der Waals surface area contributed by atoms with Crippen molar-refractivity contribution >= 4 is 16.7 Å². The first-order valence-corrected chi connectivity index (χ1v) is 9.79. The van der Waals surface area contributed by atoms with Crippen molar-refractivity contribution in [2.45, 2.75) is 25.7 Å². The zero-order chi connectivity index (χ0) is 20.0. The van der Waals surface area contributed by atoms with Crippen LogP contribution >= 0.6 is 0 Å². The predicted molar refractivity (Wildman–Crippen MR) is 113 cm³/mol. The van der Waals surface area contributed by atoms with Gasteiger partial charge in [-0.05, 0) is 36.3 Å². The second kappa shape index (κ2) is 12.9. The molecule has 0 aliphatic heterocycles. The monoisotopic (exact) mass is 385 g/mol. The first-order valence-electron chi connectivity index (χ1n) is 9.79. The zero-order valence-electron chi connectivity index (χ0n) is 16.9. The molecule has 0 heterocycles. The van der Waals surface area contributed by atoms with Crippen LogP contribution in [-0.4, -0.2) is 46.5 Å². The Morgan fingerprint density at radius 3 is 2.71 bits per heavy atom. The molecule has 0 spiro atoms. The van der Waals surface area contributed by atoms with Crippen molar-refractivity contribution in [1.29, 1.82) is 0 Å². The van der Waals surface area contributed by atoms with Crippen molar-refractivity contribution in [1.82, 2.24) is 5.32 Å². The van der Waals surface area contributed by atoms with Crippen LogP contribution in [0.1, 0.15) is 25.7 Å². The molecule has 0 bridgehead atoms. The number of carbonyl (C=O) groups excluding carboxylic acids is 1. The average molecular weight is 386 g/mol. The molecule has 0 saturated carbocycles. The first-order chi connectivity index (χ1) is 13.7. The van der Waals surface area contributed by atoms with E-state index in [1.807, 2.05) is 24.3 Å². The number of methoxy groups -OCH3 is 2. The topological polar surface area (TPSA) is 56.8 Å². The van der Waals surface area contributed by atoms with Crippen LogP contribution in [0, 0.1) is 0 Å². The van der Waals surface area contributed by atoms with Gasteiger partial charge in [0.1, 0.15) is 12.4 Å². The van der Waals surface area contributed by atoms with Gasteiger partial charge in [0.05, 0.1) is 13.7 Å². The molecule has 0 unspecified atom stereocenters. The maximum atomic E-state index is 11.2. The van der Waals surface area contributed by atoms with Crippen LogP contribution in [0.5, 0.6) is 5.75 Å². The van der Waals surface area contributed by atoms with Gasteiger partial charge in [-0.3, -0.25) is 4.79 Å². The minimum atomic E-state index is -0.148. The lowest BCUT2D eigenvalue weighted by molar-refractivity contribution is -0.140. The van der Waals surface area contributed by atoms with Gasteiger partial charge in [0.25, 0.3) is 0 Å². The van der Waals surface area contributed by atoms with E-state index in [4.69, 9.17) is 9.47 Å². The number of benzene rings is 2. The summed E-state index contributed by atoms with van der Waals surface area (Å²) in [6.45, 7) is 2.76. The van der Waals surface area contributed by atoms with Crippen molar-refractivity contribution < 1.29 is 19.0 Å². The minimum absolute atomic E-state index is 0.148. The van der Waals surface area contributed by atoms with E-state index in [1.165, 1.54) is 18.1 Å². The van der Waals surface area contributed by atoms with Crippen molar-refractivity contribution in [3.8, 4) is 5.75 Å². The standard InChI is InChI=1S/C23H31NO4/c1-26-16-15-24-17-19(9-4-3-5-14-23(25)27-2)18-28-22-13-8-11-20-10-6-7-12-21(20)22/h6-13,24H,3-5,14-18H2,1-2H3. The maximum absolute atomic E-state index is 11.2. The molecule has 0 atom stereocenters. The quantitative estimate of drug-likeness (QED) is 0.319. The van der Waals surface area contributed by atoms with Crippen molar-refractivity contribution in [2.75, 3.05) is 40.5 Å². The van der Waals surface area contributed by atoms with E-state index in [9.17, 15) is 4.79 Å². The van der Waals surface area contributed by atoms with Crippen LogP contribution < -0.4 is 10.1 Å². The Labute approximate surface area is 167 Å². The van der Waals surface area contributed by atoms with Crippen molar-refractivity contribution in [3.05, 3.63) is 54.1 Å². The number of fused-ring (bicyclic) bond motifs is 1. The number of ether oxygens (including phenoxy) is 3. The van der Waals surface area contributed by atoms with Gasteiger partial charge >= 0.3 is 5.97 Å². The summed E-state index contributed by atoms with van der Waals surface area (Å²) in [7, 11) is 3.13. The molecular formula is C23H31NO4. The third-order valence-electron chi connectivity index (χ3n) is 4.49. The van der Waals surface area contributed by atoms with Crippen LogP contribution in [0.15, 0.2) is 54.1 Å². The Morgan fingerprint density at radius 2 is 1.89 bits per heavy atom. The largest absolute Gasteiger partial charge is 0.489 e. The van der Waals surface area contributed by atoms with Crippen LogP contribution in [0.3, 0.4) is 0 Å². The minimum Gasteiger partial charge on any atom is -0.489 e. The SMILES string of the molecule is COCCNCC(=CCCCCC(=O)OC)COc1cccc2ccccc12. The van der Waals surface area contributed by atoms with E-state index >= 15 is 0 Å². The van der Waals surface area contributed by atoms with E-state index in [-0.39, 0.29) is 5.97 Å². The highest BCUT2D eigenvalue weighted by atomic mass is 16.5. The average Bonchev–Trinajstić information content (AvgIpc) is 2.73. The molecule has 0 fully saturated rings. The Kier molecular flexibility index (Phi) is 10.1. The molecule has 0 aliphatic rings. The van der Waals surface area contributed by atoms with Gasteiger partial charge in [-0.1, -0.05) is 42.5 Å². The maximum Gasteiger partial charge on any atom is 0.305 e. The fraction of sp³-hybridized carbons (Fsp3) is 0.435. The summed E-state index contributed by atoms with van der Waals surface area (Å²) < 4.78 is 15.9. The molecule has 28 heavy (non-hydrogen) atoms. The van der Waals surface area contributed by atoms with E-state index in [2.05, 4.69) is 34.3 Å². The fourth-order valence-electron chi connectivity index (χ4n) is 2.92. The number of carbonyl (C=O) groups is 1. The Balaban J connectivity index is 1.92. The summed E-state index contributed by atoms with van der Waals surface area (Å²) in [5, 5.41) is 5.67. The molecule has 0 saturated heterocycles. The molecule has 0 aromatic heterocycles. The summed E-state index contributed by atoms with van der Waals surface area (Å²) in [4.78, 5) is 11.2. The van der Waals surface area contributed by atoms with Crippen LogP contribution in [0.25, 0.3) is 10.8 Å². The first kappa shape index (κ1) is 21.9. The van der Waals surface area contributed by atoms with E-state index in [1.54, 1.807) is 7.11 Å². The fourth-order valence-corrected chi connectivity index (χ4v) is 2.92. The van der Waals surface area contributed by atoms with Gasteiger partial charge in [-0.25, -0.2) is 0 Å². The van der Waals surface area contributed by atoms with Crippen LogP contribution in [-0.2, 0) is 14.3 Å². The predicted octanol–water partition coefficient (Wildman–Crippen LogP) is 4.11. The number of allylic oxidation sites excluding steroid dienone is 1. The number of unbranched alkanes of at least 4 members (excludes halogenated alkanes) is 2. The Hall–Kier alpha value is -2.37. The molecule has 1 N–H and O–H groups in total. The summed E-state index contributed by atoms with van der Waals surface area (Å²) in [6, 6.07) is 14.3. The smallest absolute Gasteiger partial charge is 0.305 e. The Bertz CT molecular complexity index is 752. The molecule has 0 aliphatic carbocycles. The summed E-state index contributed by atoms with van der Waals surface area (Å²) in [5.41, 5.74) is 1.20. The third-order valence-corrected chi connectivity index (χ3v) is 4.49. The molecule has 0 radical (unpaired) electrons. The number of rotatable bonds is 13. The molecule has 5 heteroatoms. The second-order valence-electron chi connectivity index (χ2n) is 6.62. The summed E-state index contributed by atoms with van der Waals surface area (Å²) in [6.07, 6.45) is 5.38. The molecule has 2 aromatic carbocycles. The lowest BCUT2D eigenvalue weighted by Crippen LogP contribution is -2.23. The summed E-state index contributed by atoms with van der Waals surface area (Å²) >= 11 is 0. The molecule has 2 aromatic rings. The lowest BCUT2D eigenvalue weighted by Gasteiger charge is -2.13. The Morgan fingerprint density at radius 1 is 1.07 bits per heavy atom. The molecule has 0 amide bonds.